The lowest BCUT2D eigenvalue weighted by atomic mass is 9.84. The summed E-state index contributed by atoms with van der Waals surface area (Å²) in [4.78, 5) is 4.20. The SMILES string of the molecule is Nc1ccc(Oc2ccc(Cl)cc2C2CCCCC2)nc1. The Morgan fingerprint density at radius 2 is 1.90 bits per heavy atom. The first-order chi connectivity index (χ1) is 10.2. The van der Waals surface area contributed by atoms with E-state index in [4.69, 9.17) is 22.1 Å². The first kappa shape index (κ1) is 14.2. The molecule has 0 unspecified atom stereocenters. The van der Waals surface area contributed by atoms with Crippen LogP contribution in [0.3, 0.4) is 0 Å². The standard InChI is InChI=1S/C17H19ClN2O/c18-13-6-8-16(21-17-9-7-14(19)11-20-17)15(10-13)12-4-2-1-3-5-12/h6-12H,1-5,19H2. The summed E-state index contributed by atoms with van der Waals surface area (Å²) in [5.74, 6) is 1.94. The largest absolute Gasteiger partial charge is 0.439 e. The number of nitrogens with zero attached hydrogens (tertiary/aromatic N) is 1. The number of anilines is 1. The van der Waals surface area contributed by atoms with Crippen molar-refractivity contribution < 1.29 is 4.74 Å². The van der Waals surface area contributed by atoms with Crippen molar-refractivity contribution in [3.8, 4) is 11.6 Å². The Morgan fingerprint density at radius 3 is 2.62 bits per heavy atom. The Hall–Kier alpha value is -1.74. The predicted octanol–water partition coefficient (Wildman–Crippen LogP) is 5.16. The van der Waals surface area contributed by atoms with Crippen molar-refractivity contribution in [2.45, 2.75) is 38.0 Å². The third kappa shape index (κ3) is 3.48. The van der Waals surface area contributed by atoms with Crippen LogP contribution in [0.25, 0.3) is 0 Å². The van der Waals surface area contributed by atoms with Gasteiger partial charge in [-0.3, -0.25) is 0 Å². The van der Waals surface area contributed by atoms with Crippen LogP contribution in [0.4, 0.5) is 5.69 Å². The second-order valence-corrected chi connectivity index (χ2v) is 5.99. The van der Waals surface area contributed by atoms with Gasteiger partial charge in [0.25, 0.3) is 0 Å². The van der Waals surface area contributed by atoms with Gasteiger partial charge in [-0.15, -0.1) is 0 Å². The highest BCUT2D eigenvalue weighted by Gasteiger charge is 2.20. The molecule has 110 valence electrons. The molecule has 3 rings (SSSR count). The molecule has 1 aromatic heterocycles. The number of ether oxygens (including phenoxy) is 1. The van der Waals surface area contributed by atoms with Crippen LogP contribution in [0.1, 0.15) is 43.6 Å². The molecule has 2 aromatic rings. The highest BCUT2D eigenvalue weighted by Crippen LogP contribution is 2.39. The van der Waals surface area contributed by atoms with E-state index in [1.54, 1.807) is 18.3 Å². The van der Waals surface area contributed by atoms with Gasteiger partial charge in [0, 0.05) is 11.1 Å². The van der Waals surface area contributed by atoms with E-state index >= 15 is 0 Å². The summed E-state index contributed by atoms with van der Waals surface area (Å²) in [6.07, 6.45) is 7.88. The van der Waals surface area contributed by atoms with E-state index in [-0.39, 0.29) is 0 Å². The van der Waals surface area contributed by atoms with Crippen molar-refractivity contribution in [3.05, 3.63) is 47.1 Å². The van der Waals surface area contributed by atoms with Crippen molar-refractivity contribution in [1.82, 2.24) is 4.98 Å². The fourth-order valence-electron chi connectivity index (χ4n) is 2.91. The molecule has 3 nitrogen and oxygen atoms in total. The number of halogens is 1. The molecule has 2 N–H and O–H groups in total. The molecule has 4 heteroatoms. The predicted molar refractivity (Wildman–Crippen MR) is 86.0 cm³/mol. The molecule has 21 heavy (non-hydrogen) atoms. The fraction of sp³-hybridized carbons (Fsp3) is 0.353. The van der Waals surface area contributed by atoms with Gasteiger partial charge < -0.3 is 10.5 Å². The van der Waals surface area contributed by atoms with Crippen LogP contribution in [0.5, 0.6) is 11.6 Å². The fourth-order valence-corrected chi connectivity index (χ4v) is 3.09. The van der Waals surface area contributed by atoms with E-state index in [1.807, 2.05) is 18.2 Å². The van der Waals surface area contributed by atoms with E-state index in [1.165, 1.54) is 37.7 Å². The number of nitrogens with two attached hydrogens (primary N) is 1. The van der Waals surface area contributed by atoms with Crippen molar-refractivity contribution in [3.63, 3.8) is 0 Å². The third-order valence-electron chi connectivity index (χ3n) is 3.99. The Bertz CT molecular complexity index is 607. The molecule has 0 bridgehead atoms. The van der Waals surface area contributed by atoms with Gasteiger partial charge in [0.05, 0.1) is 11.9 Å². The highest BCUT2D eigenvalue weighted by molar-refractivity contribution is 6.30. The molecular formula is C17H19ClN2O. The van der Waals surface area contributed by atoms with Crippen LogP contribution in [-0.2, 0) is 0 Å². The lowest BCUT2D eigenvalue weighted by Crippen LogP contribution is -2.06. The third-order valence-corrected chi connectivity index (χ3v) is 4.23. The average Bonchev–Trinajstić information content (AvgIpc) is 2.52. The maximum Gasteiger partial charge on any atom is 0.219 e. The van der Waals surface area contributed by atoms with Crippen molar-refractivity contribution in [2.24, 2.45) is 0 Å². The van der Waals surface area contributed by atoms with Gasteiger partial charge in [-0.05, 0) is 48.6 Å². The van der Waals surface area contributed by atoms with Crippen molar-refractivity contribution in [2.75, 3.05) is 5.73 Å². The van der Waals surface area contributed by atoms with Gasteiger partial charge in [0.15, 0.2) is 0 Å². The van der Waals surface area contributed by atoms with Crippen LogP contribution >= 0.6 is 11.6 Å². The molecule has 0 aliphatic heterocycles. The average molecular weight is 303 g/mol. The minimum atomic E-state index is 0.529. The van der Waals surface area contributed by atoms with Crippen molar-refractivity contribution in [1.29, 1.82) is 0 Å². The molecule has 1 heterocycles. The minimum Gasteiger partial charge on any atom is -0.439 e. The summed E-state index contributed by atoms with van der Waals surface area (Å²) in [5.41, 5.74) is 7.48. The molecule has 1 fully saturated rings. The first-order valence-corrected chi connectivity index (χ1v) is 7.79. The van der Waals surface area contributed by atoms with E-state index < -0.39 is 0 Å². The second-order valence-electron chi connectivity index (χ2n) is 5.55. The molecule has 0 radical (unpaired) electrons. The van der Waals surface area contributed by atoms with Crippen LogP contribution in [0.15, 0.2) is 36.5 Å². The van der Waals surface area contributed by atoms with Gasteiger partial charge in [0.2, 0.25) is 5.88 Å². The van der Waals surface area contributed by atoms with Gasteiger partial charge in [-0.25, -0.2) is 4.98 Å². The van der Waals surface area contributed by atoms with Crippen LogP contribution in [0, 0.1) is 0 Å². The summed E-state index contributed by atoms with van der Waals surface area (Å²) in [7, 11) is 0. The first-order valence-electron chi connectivity index (χ1n) is 7.41. The number of rotatable bonds is 3. The Balaban J connectivity index is 1.88. The maximum atomic E-state index is 6.17. The minimum absolute atomic E-state index is 0.529. The van der Waals surface area contributed by atoms with E-state index in [9.17, 15) is 0 Å². The number of benzene rings is 1. The van der Waals surface area contributed by atoms with Crippen molar-refractivity contribution >= 4 is 17.3 Å². The summed E-state index contributed by atoms with van der Waals surface area (Å²) in [6, 6.07) is 9.40. The Kier molecular flexibility index (Phi) is 4.30. The van der Waals surface area contributed by atoms with Crippen LogP contribution < -0.4 is 10.5 Å². The Labute approximate surface area is 130 Å². The maximum absolute atomic E-state index is 6.17. The highest BCUT2D eigenvalue weighted by atomic mass is 35.5. The molecule has 0 atom stereocenters. The lowest BCUT2D eigenvalue weighted by Gasteiger charge is -2.24. The molecule has 1 aliphatic rings. The van der Waals surface area contributed by atoms with Gasteiger partial charge in [-0.2, -0.15) is 0 Å². The Morgan fingerprint density at radius 1 is 1.10 bits per heavy atom. The van der Waals surface area contributed by atoms with E-state index in [0.717, 1.165) is 10.8 Å². The normalized spacial score (nSPS) is 15.9. The summed E-state index contributed by atoms with van der Waals surface area (Å²) >= 11 is 6.17. The molecule has 1 saturated carbocycles. The number of pyridine rings is 1. The molecule has 0 saturated heterocycles. The topological polar surface area (TPSA) is 48.1 Å². The smallest absolute Gasteiger partial charge is 0.219 e. The number of hydrogen-bond donors (Lipinski definition) is 1. The zero-order valence-electron chi connectivity index (χ0n) is 11.9. The van der Waals surface area contributed by atoms with Crippen LogP contribution in [-0.4, -0.2) is 4.98 Å². The number of aromatic nitrogens is 1. The lowest BCUT2D eigenvalue weighted by molar-refractivity contribution is 0.413. The monoisotopic (exact) mass is 302 g/mol. The van der Waals surface area contributed by atoms with Gasteiger partial charge in [0.1, 0.15) is 5.75 Å². The molecule has 0 amide bonds. The van der Waals surface area contributed by atoms with Crippen LogP contribution in [0.2, 0.25) is 5.02 Å². The zero-order chi connectivity index (χ0) is 14.7. The summed E-state index contributed by atoms with van der Waals surface area (Å²) in [6.45, 7) is 0. The molecule has 1 aromatic carbocycles. The molecule has 1 aliphatic carbocycles. The van der Waals surface area contributed by atoms with E-state index in [2.05, 4.69) is 4.98 Å². The zero-order valence-corrected chi connectivity index (χ0v) is 12.6. The van der Waals surface area contributed by atoms with Gasteiger partial charge in [-0.1, -0.05) is 30.9 Å². The summed E-state index contributed by atoms with van der Waals surface area (Å²) < 4.78 is 5.95. The number of hydrogen-bond acceptors (Lipinski definition) is 3. The summed E-state index contributed by atoms with van der Waals surface area (Å²) in [5, 5.41) is 0.758. The van der Waals surface area contributed by atoms with Gasteiger partial charge >= 0.3 is 0 Å². The molecule has 0 spiro atoms. The molecular weight excluding hydrogens is 284 g/mol. The quantitative estimate of drug-likeness (QED) is 0.852. The second kappa shape index (κ2) is 6.35. The van der Waals surface area contributed by atoms with E-state index in [0.29, 0.717) is 17.5 Å². The number of nitrogen functional groups attached to an aromatic ring is 1.